The van der Waals surface area contributed by atoms with Crippen molar-refractivity contribution in [3.8, 4) is 5.75 Å². The minimum absolute atomic E-state index is 0.275. The van der Waals surface area contributed by atoms with E-state index < -0.39 is 42.6 Å². The van der Waals surface area contributed by atoms with Crippen LogP contribution in [0.15, 0.2) is 28.0 Å². The van der Waals surface area contributed by atoms with Gasteiger partial charge in [0.1, 0.15) is 4.90 Å². The van der Waals surface area contributed by atoms with Gasteiger partial charge in [-0.25, -0.2) is 8.42 Å². The van der Waals surface area contributed by atoms with E-state index in [0.29, 0.717) is 0 Å². The Hall–Kier alpha value is -1.25. The first-order valence-electron chi connectivity index (χ1n) is 5.28. The van der Waals surface area contributed by atoms with Gasteiger partial charge in [0.05, 0.1) is 5.92 Å². The van der Waals surface area contributed by atoms with Crippen LogP contribution in [0.2, 0.25) is 0 Å². The second-order valence-electron chi connectivity index (χ2n) is 4.17. The van der Waals surface area contributed by atoms with Gasteiger partial charge in [0.2, 0.25) is 0 Å². The Labute approximate surface area is 114 Å². The van der Waals surface area contributed by atoms with E-state index in [4.69, 9.17) is 4.74 Å². The molecule has 8 heteroatoms. The van der Waals surface area contributed by atoms with E-state index in [1.54, 1.807) is 13.8 Å². The number of benzene rings is 1. The van der Waals surface area contributed by atoms with Gasteiger partial charge in [-0.2, -0.15) is 0 Å². The third-order valence-electron chi connectivity index (χ3n) is 2.18. The van der Waals surface area contributed by atoms with Crippen LogP contribution >= 0.6 is 0 Å². The molecule has 19 heavy (non-hydrogen) atoms. The predicted octanol–water partition coefficient (Wildman–Crippen LogP) is 0.889. The number of esters is 1. The monoisotopic (exact) mass is 305 g/mol. The molecule has 0 saturated heterocycles. The summed E-state index contributed by atoms with van der Waals surface area (Å²) < 4.78 is 50.3. The fraction of sp³-hybridized carbons (Fsp3) is 0.364. The van der Waals surface area contributed by atoms with Crippen molar-refractivity contribution in [2.45, 2.75) is 23.6 Å². The maximum Gasteiger partial charge on any atom is 0.313 e. The van der Waals surface area contributed by atoms with Crippen molar-refractivity contribution in [2.75, 3.05) is 6.26 Å². The van der Waals surface area contributed by atoms with Crippen molar-refractivity contribution in [3.05, 3.63) is 18.2 Å². The number of carbonyl (C=O) groups is 1. The maximum atomic E-state index is 11.7. The van der Waals surface area contributed by atoms with Crippen molar-refractivity contribution in [1.29, 1.82) is 0 Å². The van der Waals surface area contributed by atoms with Gasteiger partial charge in [-0.05, 0) is 23.2 Å². The summed E-state index contributed by atoms with van der Waals surface area (Å²) in [6.45, 7) is 3.16. The SMILES string of the molecule is CC(C)C(=O)Oc1cccc(S(=O)[O-])c1S(C)(=O)=O. The van der Waals surface area contributed by atoms with Crippen LogP contribution in [-0.2, 0) is 25.7 Å². The smallest absolute Gasteiger partial charge is 0.313 e. The first kappa shape index (κ1) is 15.8. The van der Waals surface area contributed by atoms with Crippen LogP contribution in [0.5, 0.6) is 5.75 Å². The summed E-state index contributed by atoms with van der Waals surface area (Å²) in [6.07, 6.45) is 0.853. The summed E-state index contributed by atoms with van der Waals surface area (Å²) in [5.74, 6) is -1.38. The molecule has 0 aromatic heterocycles. The first-order chi connectivity index (χ1) is 8.64. The summed E-state index contributed by atoms with van der Waals surface area (Å²) in [6, 6.07) is 3.68. The van der Waals surface area contributed by atoms with Crippen LogP contribution < -0.4 is 4.74 Å². The molecule has 1 unspecified atom stereocenters. The number of ether oxygens (including phenoxy) is 1. The van der Waals surface area contributed by atoms with Crippen LogP contribution in [0.25, 0.3) is 0 Å². The van der Waals surface area contributed by atoms with E-state index in [2.05, 4.69) is 0 Å². The topological polar surface area (TPSA) is 101 Å². The molecule has 0 bridgehead atoms. The molecule has 0 N–H and O–H groups in total. The average molecular weight is 305 g/mol. The molecule has 0 amide bonds. The molecule has 1 aromatic carbocycles. The average Bonchev–Trinajstić information content (AvgIpc) is 2.26. The molecule has 0 aliphatic rings. The van der Waals surface area contributed by atoms with E-state index in [0.717, 1.165) is 12.3 Å². The van der Waals surface area contributed by atoms with Crippen LogP contribution in [0.3, 0.4) is 0 Å². The lowest BCUT2D eigenvalue weighted by atomic mass is 10.2. The summed E-state index contributed by atoms with van der Waals surface area (Å²) in [7, 11) is -3.85. The van der Waals surface area contributed by atoms with Crippen molar-refractivity contribution >= 4 is 26.9 Å². The third kappa shape index (κ3) is 3.85. The summed E-state index contributed by atoms with van der Waals surface area (Å²) in [4.78, 5) is 10.6. The lowest BCUT2D eigenvalue weighted by Crippen LogP contribution is -2.17. The normalized spacial score (nSPS) is 13.3. The van der Waals surface area contributed by atoms with Crippen LogP contribution in [0.1, 0.15) is 13.8 Å². The van der Waals surface area contributed by atoms with E-state index >= 15 is 0 Å². The van der Waals surface area contributed by atoms with Crippen molar-refractivity contribution in [1.82, 2.24) is 0 Å². The van der Waals surface area contributed by atoms with Gasteiger partial charge in [-0.15, -0.1) is 0 Å². The Morgan fingerprint density at radius 2 is 1.95 bits per heavy atom. The number of carbonyl (C=O) groups excluding carboxylic acids is 1. The second kappa shape index (κ2) is 5.81. The van der Waals surface area contributed by atoms with Crippen LogP contribution in [0.4, 0.5) is 0 Å². The number of hydrogen-bond donors (Lipinski definition) is 0. The Kier molecular flexibility index (Phi) is 4.83. The molecule has 1 aromatic rings. The highest BCUT2D eigenvalue weighted by Crippen LogP contribution is 2.30. The summed E-state index contributed by atoms with van der Waals surface area (Å²) in [5.41, 5.74) is 0. The van der Waals surface area contributed by atoms with Gasteiger partial charge in [-0.1, -0.05) is 19.9 Å². The number of hydrogen-bond acceptors (Lipinski definition) is 6. The van der Waals surface area contributed by atoms with Crippen LogP contribution in [-0.4, -0.2) is 29.4 Å². The number of sulfone groups is 1. The van der Waals surface area contributed by atoms with Crippen molar-refractivity contribution < 1.29 is 26.7 Å². The lowest BCUT2D eigenvalue weighted by molar-refractivity contribution is -0.137. The Balaban J connectivity index is 3.45. The van der Waals surface area contributed by atoms with Crippen LogP contribution in [0, 0.1) is 5.92 Å². The van der Waals surface area contributed by atoms with E-state index in [9.17, 15) is 22.0 Å². The first-order valence-corrected chi connectivity index (χ1v) is 8.25. The maximum absolute atomic E-state index is 11.7. The molecule has 0 saturated carbocycles. The van der Waals surface area contributed by atoms with E-state index in [-0.39, 0.29) is 5.75 Å². The molecule has 0 spiro atoms. The Morgan fingerprint density at radius 1 is 1.37 bits per heavy atom. The van der Waals surface area contributed by atoms with Crippen molar-refractivity contribution in [2.24, 2.45) is 5.92 Å². The fourth-order valence-electron chi connectivity index (χ4n) is 1.30. The molecule has 0 heterocycles. The molecule has 0 aliphatic heterocycles. The largest absolute Gasteiger partial charge is 0.768 e. The molecule has 1 atom stereocenters. The minimum Gasteiger partial charge on any atom is -0.768 e. The van der Waals surface area contributed by atoms with E-state index in [1.807, 2.05) is 0 Å². The predicted molar refractivity (Wildman–Crippen MR) is 67.2 cm³/mol. The molecule has 0 aliphatic carbocycles. The minimum atomic E-state index is -3.85. The van der Waals surface area contributed by atoms with Gasteiger partial charge >= 0.3 is 5.97 Å². The highest BCUT2D eigenvalue weighted by Gasteiger charge is 2.22. The zero-order valence-electron chi connectivity index (χ0n) is 10.6. The standard InChI is InChI=1S/C11H14O6S2/c1-7(2)11(12)17-8-5-4-6-9(18(13)14)10(8)19(3,15)16/h4-7H,1-3H3,(H,13,14)/p-1. The molecule has 0 fully saturated rings. The fourth-order valence-corrected chi connectivity index (χ4v) is 3.31. The molecule has 1 rings (SSSR count). The molecule has 6 nitrogen and oxygen atoms in total. The molecular weight excluding hydrogens is 292 g/mol. The molecular formula is C11H13O6S2-. The second-order valence-corrected chi connectivity index (χ2v) is 7.03. The van der Waals surface area contributed by atoms with Gasteiger partial charge < -0.3 is 9.29 Å². The summed E-state index contributed by atoms with van der Waals surface area (Å²) >= 11 is -2.74. The highest BCUT2D eigenvalue weighted by atomic mass is 32.2. The highest BCUT2D eigenvalue weighted by molar-refractivity contribution is 7.91. The Bertz CT molecular complexity index is 618. The van der Waals surface area contributed by atoms with Gasteiger partial charge in [-0.3, -0.25) is 9.00 Å². The third-order valence-corrected chi connectivity index (χ3v) is 4.17. The van der Waals surface area contributed by atoms with Gasteiger partial charge in [0.15, 0.2) is 15.6 Å². The number of rotatable bonds is 4. The molecule has 106 valence electrons. The van der Waals surface area contributed by atoms with Gasteiger partial charge in [0.25, 0.3) is 0 Å². The van der Waals surface area contributed by atoms with E-state index in [1.165, 1.54) is 12.1 Å². The summed E-state index contributed by atoms with van der Waals surface area (Å²) in [5, 5.41) is 0. The van der Waals surface area contributed by atoms with Gasteiger partial charge in [0, 0.05) is 11.2 Å². The Morgan fingerprint density at radius 3 is 2.37 bits per heavy atom. The molecule has 0 radical (unpaired) electrons. The zero-order valence-corrected chi connectivity index (χ0v) is 12.2. The quantitative estimate of drug-likeness (QED) is 0.465. The van der Waals surface area contributed by atoms with Crippen molar-refractivity contribution in [3.63, 3.8) is 0 Å². The zero-order chi connectivity index (χ0) is 14.8. The lowest BCUT2D eigenvalue weighted by Gasteiger charge is -2.15.